The summed E-state index contributed by atoms with van der Waals surface area (Å²) in [5, 5.41) is 0.410. The van der Waals surface area contributed by atoms with Crippen LogP contribution in [0.2, 0.25) is 5.02 Å². The summed E-state index contributed by atoms with van der Waals surface area (Å²) in [7, 11) is -2.35. The van der Waals surface area contributed by atoms with E-state index in [0.717, 1.165) is 15.6 Å². The van der Waals surface area contributed by atoms with Gasteiger partial charge in [-0.15, -0.1) is 0 Å². The third kappa shape index (κ3) is 3.83. The normalized spacial score (nSPS) is 11.8. The highest BCUT2D eigenvalue weighted by Crippen LogP contribution is 2.22. The van der Waals surface area contributed by atoms with E-state index in [9.17, 15) is 8.42 Å². The lowest BCUT2D eigenvalue weighted by Crippen LogP contribution is -2.27. The highest BCUT2D eigenvalue weighted by Gasteiger charge is 2.22. The van der Waals surface area contributed by atoms with Crippen LogP contribution in [0.15, 0.2) is 53.4 Å². The van der Waals surface area contributed by atoms with E-state index in [2.05, 4.69) is 0 Å². The second-order valence-corrected chi connectivity index (χ2v) is 6.93. The van der Waals surface area contributed by atoms with Crippen LogP contribution in [0.1, 0.15) is 11.1 Å². The summed E-state index contributed by atoms with van der Waals surface area (Å²) in [4.78, 5) is 5.42. The topological polar surface area (TPSA) is 46.6 Å². The lowest BCUT2D eigenvalue weighted by Gasteiger charge is -2.17. The molecule has 0 unspecified atom stereocenters. The van der Waals surface area contributed by atoms with Crippen molar-refractivity contribution in [1.29, 1.82) is 0 Å². The van der Waals surface area contributed by atoms with Gasteiger partial charge < -0.3 is 0 Å². The van der Waals surface area contributed by atoms with Crippen molar-refractivity contribution in [1.82, 2.24) is 4.47 Å². The fourth-order valence-electron chi connectivity index (χ4n) is 1.69. The number of hydroxylamine groups is 1. The van der Waals surface area contributed by atoms with Gasteiger partial charge in [0.15, 0.2) is 0 Å². The fourth-order valence-corrected chi connectivity index (χ4v) is 2.93. The zero-order chi connectivity index (χ0) is 15.5. The first-order valence-electron chi connectivity index (χ1n) is 6.33. The Labute approximate surface area is 129 Å². The molecule has 6 heteroatoms. The minimum Gasteiger partial charge on any atom is -0.279 e. The number of nitrogens with zero attached hydrogens (tertiary/aromatic N) is 1. The van der Waals surface area contributed by atoms with Gasteiger partial charge in [-0.05, 0) is 30.2 Å². The van der Waals surface area contributed by atoms with E-state index in [1.165, 1.54) is 19.2 Å². The van der Waals surface area contributed by atoms with Crippen molar-refractivity contribution in [3.63, 3.8) is 0 Å². The SMILES string of the molecule is Cc1ccc(S(=O)(=O)N(C)OCc2ccccc2)cc1Cl. The van der Waals surface area contributed by atoms with Crippen molar-refractivity contribution in [2.24, 2.45) is 0 Å². The van der Waals surface area contributed by atoms with Crippen molar-refractivity contribution in [2.45, 2.75) is 18.4 Å². The van der Waals surface area contributed by atoms with E-state index in [4.69, 9.17) is 16.4 Å². The first-order valence-corrected chi connectivity index (χ1v) is 8.15. The largest absolute Gasteiger partial charge is 0.279 e. The molecule has 2 rings (SSSR count). The van der Waals surface area contributed by atoms with Crippen molar-refractivity contribution < 1.29 is 13.3 Å². The van der Waals surface area contributed by atoms with Gasteiger partial charge in [0.1, 0.15) is 0 Å². The summed E-state index contributed by atoms with van der Waals surface area (Å²) in [6.45, 7) is 1.99. The van der Waals surface area contributed by atoms with E-state index in [-0.39, 0.29) is 11.5 Å². The van der Waals surface area contributed by atoms with Crippen LogP contribution >= 0.6 is 11.6 Å². The highest BCUT2D eigenvalue weighted by atomic mass is 35.5. The summed E-state index contributed by atoms with van der Waals surface area (Å²) in [6.07, 6.45) is 0. The number of hydrogen-bond donors (Lipinski definition) is 0. The first-order chi connectivity index (χ1) is 9.91. The average Bonchev–Trinajstić information content (AvgIpc) is 2.48. The summed E-state index contributed by atoms with van der Waals surface area (Å²) >= 11 is 5.97. The molecule has 21 heavy (non-hydrogen) atoms. The van der Waals surface area contributed by atoms with Crippen molar-refractivity contribution in [3.05, 3.63) is 64.7 Å². The Balaban J connectivity index is 2.13. The molecular weight excluding hydrogens is 310 g/mol. The maximum atomic E-state index is 12.4. The minimum absolute atomic E-state index is 0.105. The van der Waals surface area contributed by atoms with Crippen LogP contribution in [-0.2, 0) is 21.5 Å². The molecule has 0 aliphatic rings. The zero-order valence-electron chi connectivity index (χ0n) is 11.8. The Morgan fingerprint density at radius 1 is 1.14 bits per heavy atom. The molecule has 4 nitrogen and oxygen atoms in total. The molecule has 0 atom stereocenters. The van der Waals surface area contributed by atoms with Gasteiger partial charge in [-0.3, -0.25) is 4.84 Å². The van der Waals surface area contributed by atoms with E-state index >= 15 is 0 Å². The molecule has 0 saturated heterocycles. The maximum Gasteiger partial charge on any atom is 0.264 e. The van der Waals surface area contributed by atoms with Crippen LogP contribution in [0.3, 0.4) is 0 Å². The Kier molecular flexibility index (Phi) is 5.00. The first kappa shape index (κ1) is 16.0. The monoisotopic (exact) mass is 325 g/mol. The number of sulfonamides is 1. The van der Waals surface area contributed by atoms with Gasteiger partial charge in [0.2, 0.25) is 0 Å². The predicted octanol–water partition coefficient (Wildman–Crippen LogP) is 3.40. The molecule has 2 aromatic rings. The molecule has 0 spiro atoms. The molecule has 0 fully saturated rings. The molecule has 0 saturated carbocycles. The number of hydrogen-bond acceptors (Lipinski definition) is 3. The van der Waals surface area contributed by atoms with Gasteiger partial charge in [0, 0.05) is 12.1 Å². The summed E-state index contributed by atoms with van der Waals surface area (Å²) in [6, 6.07) is 14.0. The summed E-state index contributed by atoms with van der Waals surface area (Å²) < 4.78 is 25.6. The molecule has 0 bridgehead atoms. The molecule has 0 radical (unpaired) electrons. The van der Waals surface area contributed by atoms with E-state index in [0.29, 0.717) is 5.02 Å². The lowest BCUT2D eigenvalue weighted by atomic mass is 10.2. The van der Waals surface area contributed by atoms with Gasteiger partial charge in [0.05, 0.1) is 11.5 Å². The lowest BCUT2D eigenvalue weighted by molar-refractivity contribution is -0.0770. The summed E-state index contributed by atoms with van der Waals surface area (Å²) in [5.74, 6) is 0. The molecule has 0 heterocycles. The van der Waals surface area contributed by atoms with Crippen molar-refractivity contribution in [2.75, 3.05) is 7.05 Å². The summed E-state index contributed by atoms with van der Waals surface area (Å²) in [5.41, 5.74) is 1.71. The van der Waals surface area contributed by atoms with Crippen LogP contribution in [0.25, 0.3) is 0 Å². The van der Waals surface area contributed by atoms with Gasteiger partial charge in [-0.1, -0.05) is 52.5 Å². The number of benzene rings is 2. The third-order valence-corrected chi connectivity index (χ3v) is 5.07. The number of halogens is 1. The van der Waals surface area contributed by atoms with E-state index < -0.39 is 10.0 Å². The van der Waals surface area contributed by atoms with Gasteiger partial charge in [-0.25, -0.2) is 8.42 Å². The third-order valence-electron chi connectivity index (χ3n) is 3.04. The Hall–Kier alpha value is -1.40. The second kappa shape index (κ2) is 6.58. The predicted molar refractivity (Wildman–Crippen MR) is 82.4 cm³/mol. The van der Waals surface area contributed by atoms with Gasteiger partial charge >= 0.3 is 0 Å². The Bertz CT molecular complexity index is 717. The second-order valence-electron chi connectivity index (χ2n) is 4.58. The average molecular weight is 326 g/mol. The van der Waals surface area contributed by atoms with Crippen LogP contribution < -0.4 is 0 Å². The van der Waals surface area contributed by atoms with Crippen LogP contribution in [0.4, 0.5) is 0 Å². The molecule has 2 aromatic carbocycles. The number of rotatable bonds is 5. The van der Waals surface area contributed by atoms with Gasteiger partial charge in [-0.2, -0.15) is 0 Å². The maximum absolute atomic E-state index is 12.4. The Morgan fingerprint density at radius 3 is 2.43 bits per heavy atom. The molecular formula is C15H16ClNO3S. The van der Waals surface area contributed by atoms with Gasteiger partial charge in [0.25, 0.3) is 10.0 Å². The quantitative estimate of drug-likeness (QED) is 0.791. The highest BCUT2D eigenvalue weighted by molar-refractivity contribution is 7.89. The standard InChI is InChI=1S/C15H16ClNO3S/c1-12-8-9-14(10-15(12)16)21(18,19)17(2)20-11-13-6-4-3-5-7-13/h3-10H,11H2,1-2H3. The van der Waals surface area contributed by atoms with Crippen LogP contribution in [0.5, 0.6) is 0 Å². The van der Waals surface area contributed by atoms with Crippen LogP contribution in [-0.4, -0.2) is 19.9 Å². The minimum atomic E-state index is -3.72. The van der Waals surface area contributed by atoms with E-state index in [1.807, 2.05) is 37.3 Å². The molecule has 0 aromatic heterocycles. The molecule has 0 N–H and O–H groups in total. The van der Waals surface area contributed by atoms with Crippen LogP contribution in [0, 0.1) is 6.92 Å². The van der Waals surface area contributed by atoms with Crippen molar-refractivity contribution in [3.8, 4) is 0 Å². The Morgan fingerprint density at radius 2 is 1.81 bits per heavy atom. The van der Waals surface area contributed by atoms with Crippen molar-refractivity contribution >= 4 is 21.6 Å². The molecule has 0 amide bonds. The smallest absolute Gasteiger partial charge is 0.264 e. The molecule has 0 aliphatic carbocycles. The molecule has 0 aliphatic heterocycles. The zero-order valence-corrected chi connectivity index (χ0v) is 13.4. The number of aryl methyl sites for hydroxylation is 1. The van der Waals surface area contributed by atoms with E-state index in [1.54, 1.807) is 6.07 Å². The fraction of sp³-hybridized carbons (Fsp3) is 0.200. The molecule has 112 valence electrons.